The smallest absolute Gasteiger partial charge is 0.306 e. The number of thioether (sulfide) groups is 1. The first kappa shape index (κ1) is 15.7. The lowest BCUT2D eigenvalue weighted by Gasteiger charge is -2.32. The van der Waals surface area contributed by atoms with Crippen molar-refractivity contribution in [2.75, 3.05) is 11.1 Å². The Labute approximate surface area is 134 Å². The van der Waals surface area contributed by atoms with E-state index in [9.17, 15) is 18.0 Å². The summed E-state index contributed by atoms with van der Waals surface area (Å²) in [6.45, 7) is 0. The Morgan fingerprint density at radius 1 is 1.41 bits per heavy atom. The highest BCUT2D eigenvalue weighted by molar-refractivity contribution is 8.01. The molecule has 118 valence electrons. The highest BCUT2D eigenvalue weighted by Gasteiger charge is 2.58. The minimum absolute atomic E-state index is 0.0762. The third kappa shape index (κ3) is 2.84. The molecule has 1 aliphatic heterocycles. The molecule has 2 aliphatic rings. The van der Waals surface area contributed by atoms with Crippen molar-refractivity contribution < 1.29 is 18.0 Å². The molecule has 1 fully saturated rings. The van der Waals surface area contributed by atoms with Gasteiger partial charge in [0.15, 0.2) is 4.75 Å². The van der Waals surface area contributed by atoms with E-state index in [1.54, 1.807) is 0 Å². The minimum atomic E-state index is -4.60. The number of carbonyl (C=O) groups is 1. The van der Waals surface area contributed by atoms with Crippen LogP contribution in [0.5, 0.6) is 0 Å². The predicted molar refractivity (Wildman–Crippen MR) is 81.9 cm³/mol. The number of anilines is 1. The van der Waals surface area contributed by atoms with Crippen LogP contribution in [-0.2, 0) is 4.75 Å². The molecule has 1 N–H and O–H groups in total. The van der Waals surface area contributed by atoms with Crippen molar-refractivity contribution in [2.24, 2.45) is 10.9 Å². The van der Waals surface area contributed by atoms with Crippen LogP contribution in [0.1, 0.15) is 18.4 Å². The van der Waals surface area contributed by atoms with E-state index in [0.717, 1.165) is 24.6 Å². The van der Waals surface area contributed by atoms with Crippen LogP contribution in [-0.4, -0.2) is 24.2 Å². The van der Waals surface area contributed by atoms with Crippen molar-refractivity contribution in [1.82, 2.24) is 0 Å². The number of carbonyl (C=O) groups excluding carboxylic acids is 1. The topological polar surface area (TPSA) is 41.5 Å². The molecule has 0 saturated heterocycles. The zero-order valence-electron chi connectivity index (χ0n) is 11.3. The molecule has 2 amide bonds. The van der Waals surface area contributed by atoms with Crippen LogP contribution in [0.15, 0.2) is 23.2 Å². The van der Waals surface area contributed by atoms with Crippen molar-refractivity contribution >= 4 is 41.3 Å². The fourth-order valence-electron chi connectivity index (χ4n) is 2.26. The monoisotopic (exact) mass is 348 g/mol. The molecule has 8 heteroatoms. The van der Waals surface area contributed by atoms with E-state index in [4.69, 9.17) is 11.6 Å². The summed E-state index contributed by atoms with van der Waals surface area (Å²) in [5.41, 5.74) is 0.0141. The molecule has 0 unspecified atom stereocenters. The van der Waals surface area contributed by atoms with Crippen LogP contribution in [0.25, 0.3) is 0 Å². The summed E-state index contributed by atoms with van der Waals surface area (Å²) < 4.78 is 39.3. The molecular formula is C14H12ClF3N2OS. The Morgan fingerprint density at radius 3 is 2.77 bits per heavy atom. The summed E-state index contributed by atoms with van der Waals surface area (Å²) in [6, 6.07) is 3.25. The van der Waals surface area contributed by atoms with Gasteiger partial charge in [-0.3, -0.25) is 0 Å². The quantitative estimate of drug-likeness (QED) is 0.847. The zero-order chi connectivity index (χ0) is 16.0. The number of fused-ring (bicyclic) bond motifs is 1. The molecule has 3 nitrogen and oxygen atoms in total. The normalized spacial score (nSPS) is 24.6. The molecule has 1 saturated carbocycles. The van der Waals surface area contributed by atoms with Crippen LogP contribution in [0.4, 0.5) is 23.7 Å². The van der Waals surface area contributed by atoms with Crippen molar-refractivity contribution in [2.45, 2.75) is 23.8 Å². The average molecular weight is 349 g/mol. The van der Waals surface area contributed by atoms with E-state index < -0.39 is 17.0 Å². The molecule has 1 heterocycles. The number of hydrogen-bond acceptors (Lipinski definition) is 2. The third-order valence-electron chi connectivity index (χ3n) is 3.65. The summed E-state index contributed by atoms with van der Waals surface area (Å²) >= 11 is 6.65. The summed E-state index contributed by atoms with van der Waals surface area (Å²) in [5, 5.41) is 2.56. The minimum Gasteiger partial charge on any atom is -0.306 e. The number of nitrogens with one attached hydrogen (secondary N) is 1. The Morgan fingerprint density at radius 2 is 2.14 bits per heavy atom. The number of aliphatic imine (C=N–C) groups is 1. The van der Waals surface area contributed by atoms with Gasteiger partial charge in [-0.05, 0) is 42.7 Å². The third-order valence-corrected chi connectivity index (χ3v) is 5.54. The lowest BCUT2D eigenvalue weighted by molar-refractivity contribution is -0.143. The standard InChI is InChI=1S/C14H12ClF3N2OS/c15-9-3-4-11-10(5-9)13(14(16,17)18,7-19-12(21)20-11)22-6-8-1-2-8/h3-5,7-8H,1-2,6H2,(H,20,21)/t13-/m1/s1. The second kappa shape index (κ2) is 5.45. The van der Waals surface area contributed by atoms with Crippen LogP contribution in [0, 0.1) is 5.92 Å². The van der Waals surface area contributed by atoms with Crippen molar-refractivity contribution in [1.29, 1.82) is 0 Å². The van der Waals surface area contributed by atoms with E-state index >= 15 is 0 Å². The number of nitrogens with zero attached hydrogens (tertiary/aromatic N) is 1. The fourth-order valence-corrected chi connectivity index (χ4v) is 3.88. The van der Waals surface area contributed by atoms with Gasteiger partial charge in [0, 0.05) is 22.5 Å². The molecule has 1 aromatic rings. The maximum atomic E-state index is 13.9. The second-order valence-electron chi connectivity index (χ2n) is 5.37. The van der Waals surface area contributed by atoms with Gasteiger partial charge in [-0.1, -0.05) is 11.6 Å². The predicted octanol–water partition coefficient (Wildman–Crippen LogP) is 4.86. The number of amides is 2. The molecule has 1 aromatic carbocycles. The van der Waals surface area contributed by atoms with Crippen LogP contribution < -0.4 is 5.32 Å². The highest BCUT2D eigenvalue weighted by Crippen LogP contribution is 2.53. The number of halogens is 4. The SMILES string of the molecule is O=C1N=C[C@](SCC2CC2)(C(F)(F)F)c2cc(Cl)ccc2N1. The summed E-state index contributed by atoms with van der Waals surface area (Å²) in [4.78, 5) is 15.0. The van der Waals surface area contributed by atoms with Crippen molar-refractivity contribution in [3.05, 3.63) is 28.8 Å². The maximum Gasteiger partial charge on any atom is 0.412 e. The second-order valence-corrected chi connectivity index (χ2v) is 7.07. The first-order valence-electron chi connectivity index (χ1n) is 6.69. The van der Waals surface area contributed by atoms with Gasteiger partial charge >= 0.3 is 12.2 Å². The van der Waals surface area contributed by atoms with Crippen LogP contribution >= 0.6 is 23.4 Å². The lowest BCUT2D eigenvalue weighted by Crippen LogP contribution is -2.41. The Balaban J connectivity index is 2.14. The van der Waals surface area contributed by atoms with Gasteiger partial charge in [0.05, 0.1) is 0 Å². The first-order chi connectivity index (χ1) is 10.3. The number of rotatable bonds is 3. The summed E-state index contributed by atoms with van der Waals surface area (Å²) in [7, 11) is 0. The number of hydrogen-bond donors (Lipinski definition) is 1. The highest BCUT2D eigenvalue weighted by atomic mass is 35.5. The van der Waals surface area contributed by atoms with E-state index in [1.165, 1.54) is 18.2 Å². The molecule has 0 spiro atoms. The van der Waals surface area contributed by atoms with E-state index in [0.29, 0.717) is 17.9 Å². The molecule has 0 radical (unpaired) electrons. The molecular weight excluding hydrogens is 337 g/mol. The maximum absolute atomic E-state index is 13.9. The first-order valence-corrected chi connectivity index (χ1v) is 8.05. The fraction of sp³-hybridized carbons (Fsp3) is 0.429. The number of urea groups is 1. The molecule has 3 rings (SSSR count). The molecule has 1 aliphatic carbocycles. The van der Waals surface area contributed by atoms with Gasteiger partial charge in [-0.25, -0.2) is 9.79 Å². The Hall–Kier alpha value is -1.21. The van der Waals surface area contributed by atoms with E-state index in [2.05, 4.69) is 10.3 Å². The zero-order valence-corrected chi connectivity index (χ0v) is 12.9. The van der Waals surface area contributed by atoms with Gasteiger partial charge in [-0.2, -0.15) is 13.2 Å². The largest absolute Gasteiger partial charge is 0.412 e. The van der Waals surface area contributed by atoms with Crippen molar-refractivity contribution in [3.63, 3.8) is 0 Å². The van der Waals surface area contributed by atoms with Gasteiger partial charge in [0.2, 0.25) is 0 Å². The van der Waals surface area contributed by atoms with Gasteiger partial charge in [0.1, 0.15) is 0 Å². The summed E-state index contributed by atoms with van der Waals surface area (Å²) in [6.07, 6.45) is -2.01. The lowest BCUT2D eigenvalue weighted by atomic mass is 9.96. The molecule has 22 heavy (non-hydrogen) atoms. The van der Waals surface area contributed by atoms with Gasteiger partial charge < -0.3 is 5.32 Å². The number of benzene rings is 1. The summed E-state index contributed by atoms with van der Waals surface area (Å²) in [5.74, 6) is 0.665. The Bertz CT molecular complexity index is 645. The van der Waals surface area contributed by atoms with E-state index in [-0.39, 0.29) is 16.3 Å². The average Bonchev–Trinajstić information content (AvgIpc) is 3.24. The molecule has 0 aromatic heterocycles. The van der Waals surface area contributed by atoms with Crippen LogP contribution in [0.2, 0.25) is 5.02 Å². The van der Waals surface area contributed by atoms with Gasteiger partial charge in [-0.15, -0.1) is 11.8 Å². The number of alkyl halides is 3. The van der Waals surface area contributed by atoms with E-state index in [1.807, 2.05) is 0 Å². The Kier molecular flexibility index (Phi) is 3.89. The molecule has 0 bridgehead atoms. The van der Waals surface area contributed by atoms with Gasteiger partial charge in [0.25, 0.3) is 0 Å². The van der Waals surface area contributed by atoms with Crippen LogP contribution in [0.3, 0.4) is 0 Å². The van der Waals surface area contributed by atoms with Crippen molar-refractivity contribution in [3.8, 4) is 0 Å². The molecule has 1 atom stereocenters.